The number of aromatic nitrogens is 2. The number of ether oxygens (including phenoxy) is 6. The van der Waals surface area contributed by atoms with Gasteiger partial charge in [-0.25, -0.2) is 9.59 Å². The van der Waals surface area contributed by atoms with Gasteiger partial charge in [0.15, 0.2) is 0 Å². The van der Waals surface area contributed by atoms with Gasteiger partial charge in [-0.15, -0.1) is 0 Å². The molecule has 13 heteroatoms. The van der Waals surface area contributed by atoms with Crippen molar-refractivity contribution in [2.75, 3.05) is 26.9 Å². The fraction of sp³-hybridized carbons (Fsp3) is 0.275. The number of H-pyrrole nitrogens is 1. The molecule has 1 fully saturated rings. The fourth-order valence-corrected chi connectivity index (χ4v) is 6.31. The normalized spacial score (nSPS) is 17.8. The van der Waals surface area contributed by atoms with Gasteiger partial charge in [-0.1, -0.05) is 66.2 Å². The van der Waals surface area contributed by atoms with E-state index < -0.39 is 41.4 Å². The van der Waals surface area contributed by atoms with E-state index in [1.165, 1.54) is 22.9 Å². The van der Waals surface area contributed by atoms with Crippen LogP contribution in [0.15, 0.2) is 119 Å². The molecule has 2 N–H and O–H groups in total. The van der Waals surface area contributed by atoms with Crippen molar-refractivity contribution in [1.82, 2.24) is 9.55 Å². The third-order valence-electron chi connectivity index (χ3n) is 8.87. The van der Waals surface area contributed by atoms with Crippen LogP contribution in [0, 0.1) is 6.92 Å². The van der Waals surface area contributed by atoms with Crippen molar-refractivity contribution in [3.8, 4) is 17.2 Å². The quantitative estimate of drug-likeness (QED) is 0.0588. The van der Waals surface area contributed by atoms with Crippen LogP contribution in [0.4, 0.5) is 4.79 Å². The number of carbonyl (C=O) groups is 1. The van der Waals surface area contributed by atoms with Crippen molar-refractivity contribution in [3.05, 3.63) is 157 Å². The van der Waals surface area contributed by atoms with Crippen LogP contribution < -0.4 is 25.5 Å². The van der Waals surface area contributed by atoms with Crippen LogP contribution in [0.2, 0.25) is 5.02 Å². The molecule has 0 aliphatic carbocycles. The maximum absolute atomic E-state index is 13.1. The fourth-order valence-electron chi connectivity index (χ4n) is 6.19. The van der Waals surface area contributed by atoms with E-state index in [2.05, 4.69) is 4.98 Å². The summed E-state index contributed by atoms with van der Waals surface area (Å²) in [5.41, 5.74) is 0.191. The predicted molar refractivity (Wildman–Crippen MR) is 196 cm³/mol. The number of nitrogens with zero attached hydrogens (tertiary/aromatic N) is 1. The van der Waals surface area contributed by atoms with Crippen molar-refractivity contribution in [1.29, 1.82) is 0 Å². The highest BCUT2D eigenvalue weighted by Crippen LogP contribution is 2.43. The molecule has 0 saturated carbocycles. The molecule has 6 rings (SSSR count). The lowest BCUT2D eigenvalue weighted by Crippen LogP contribution is -2.39. The van der Waals surface area contributed by atoms with Gasteiger partial charge < -0.3 is 33.5 Å². The molecule has 276 valence electrons. The van der Waals surface area contributed by atoms with E-state index in [-0.39, 0.29) is 25.4 Å². The summed E-state index contributed by atoms with van der Waals surface area (Å²) in [4.78, 5) is 40.5. The first-order valence-corrected chi connectivity index (χ1v) is 17.4. The molecule has 53 heavy (non-hydrogen) atoms. The number of aryl methyl sites for hydroxylation is 1. The molecule has 1 aliphatic rings. The Labute approximate surface area is 310 Å². The Hall–Kier alpha value is -5.40. The van der Waals surface area contributed by atoms with Gasteiger partial charge in [0, 0.05) is 36.2 Å². The lowest BCUT2D eigenvalue weighted by Gasteiger charge is -2.37. The first-order valence-electron chi connectivity index (χ1n) is 17.0. The van der Waals surface area contributed by atoms with Crippen LogP contribution >= 0.6 is 11.6 Å². The average Bonchev–Trinajstić information content (AvgIpc) is 3.57. The molecule has 2 heterocycles. The molecule has 1 aromatic heterocycles. The first kappa shape index (κ1) is 37.4. The van der Waals surface area contributed by atoms with Gasteiger partial charge in [-0.3, -0.25) is 14.3 Å². The highest BCUT2D eigenvalue weighted by atomic mass is 35.5. The minimum Gasteiger partial charge on any atom is -0.497 e. The van der Waals surface area contributed by atoms with Crippen molar-refractivity contribution < 1.29 is 38.3 Å². The molecule has 4 atom stereocenters. The predicted octanol–water partition coefficient (Wildman–Crippen LogP) is 6.15. The number of hydrogen-bond acceptors (Lipinski definition) is 10. The smallest absolute Gasteiger partial charge is 0.497 e. The van der Waals surface area contributed by atoms with Gasteiger partial charge in [0.05, 0.1) is 20.3 Å². The molecule has 2 unspecified atom stereocenters. The van der Waals surface area contributed by atoms with E-state index in [9.17, 15) is 19.5 Å². The zero-order valence-corrected chi connectivity index (χ0v) is 29.9. The number of carbonyl (C=O) groups excluding carboxylic acids is 1. The van der Waals surface area contributed by atoms with Gasteiger partial charge in [0.25, 0.3) is 5.56 Å². The third kappa shape index (κ3) is 8.64. The second kappa shape index (κ2) is 17.0. The second-order valence-corrected chi connectivity index (χ2v) is 12.8. The highest BCUT2D eigenvalue weighted by Gasteiger charge is 2.44. The minimum absolute atomic E-state index is 0.0185. The number of nitrogens with one attached hydrogen (secondary N) is 1. The SMILES string of the molecule is COc1ccc(C(OC[C@H]2O[C@@H](n3cc(C)c(=O)[nH]c3=O)CC2OC(=O)Oc2ccc(Cl)cc2)(c2ccccc2)c2ccc(OCCCO)cc2)cc1. The van der Waals surface area contributed by atoms with Crippen molar-refractivity contribution in [2.24, 2.45) is 0 Å². The third-order valence-corrected chi connectivity index (χ3v) is 9.12. The van der Waals surface area contributed by atoms with Crippen LogP contribution in [0.5, 0.6) is 17.2 Å². The molecule has 0 radical (unpaired) electrons. The molecule has 0 bridgehead atoms. The van der Waals surface area contributed by atoms with Crippen LogP contribution in [0.3, 0.4) is 0 Å². The summed E-state index contributed by atoms with van der Waals surface area (Å²) >= 11 is 5.99. The van der Waals surface area contributed by atoms with Crippen LogP contribution in [-0.2, 0) is 19.8 Å². The van der Waals surface area contributed by atoms with Crippen molar-refractivity contribution >= 4 is 17.8 Å². The molecule has 12 nitrogen and oxygen atoms in total. The van der Waals surface area contributed by atoms with Gasteiger partial charge >= 0.3 is 11.8 Å². The van der Waals surface area contributed by atoms with Gasteiger partial charge in [-0.05, 0) is 72.1 Å². The zero-order valence-electron chi connectivity index (χ0n) is 29.1. The summed E-state index contributed by atoms with van der Waals surface area (Å²) < 4.78 is 37.3. The Morgan fingerprint density at radius 2 is 1.53 bits per heavy atom. The van der Waals surface area contributed by atoms with E-state index in [1.807, 2.05) is 78.9 Å². The molecular weight excluding hydrogens is 704 g/mol. The van der Waals surface area contributed by atoms with E-state index in [0.717, 1.165) is 16.7 Å². The number of benzene rings is 4. The Morgan fingerprint density at radius 1 is 0.906 bits per heavy atom. The summed E-state index contributed by atoms with van der Waals surface area (Å²) in [6.45, 7) is 1.83. The van der Waals surface area contributed by atoms with Gasteiger partial charge in [0.1, 0.15) is 41.3 Å². The Balaban J connectivity index is 1.38. The molecule has 1 aliphatic heterocycles. The molecule has 5 aromatic rings. The summed E-state index contributed by atoms with van der Waals surface area (Å²) in [6, 6.07) is 30.9. The zero-order chi connectivity index (χ0) is 37.4. The number of aliphatic hydroxyl groups is 1. The van der Waals surface area contributed by atoms with Crippen LogP contribution in [0.25, 0.3) is 0 Å². The summed E-state index contributed by atoms with van der Waals surface area (Å²) in [5.74, 6) is 1.50. The number of rotatable bonds is 14. The number of hydrogen-bond donors (Lipinski definition) is 2. The van der Waals surface area contributed by atoms with Crippen molar-refractivity contribution in [2.45, 2.75) is 43.8 Å². The first-order chi connectivity index (χ1) is 25.7. The average molecular weight is 743 g/mol. The van der Waals surface area contributed by atoms with E-state index in [1.54, 1.807) is 26.2 Å². The molecular formula is C40H39ClN2O10. The van der Waals surface area contributed by atoms with E-state index in [0.29, 0.717) is 35.1 Å². The second-order valence-electron chi connectivity index (χ2n) is 12.3. The maximum Gasteiger partial charge on any atom is 0.514 e. The van der Waals surface area contributed by atoms with E-state index >= 15 is 0 Å². The minimum atomic E-state index is -1.24. The molecule has 4 aromatic carbocycles. The molecule has 0 spiro atoms. The number of halogens is 1. The summed E-state index contributed by atoms with van der Waals surface area (Å²) in [6.07, 6.45) is -1.79. The lowest BCUT2D eigenvalue weighted by atomic mass is 9.80. The number of aliphatic hydroxyl groups excluding tert-OH is 1. The van der Waals surface area contributed by atoms with Gasteiger partial charge in [0.2, 0.25) is 0 Å². The standard InChI is InChI=1S/C40H39ClN2O10/c1-26-24-43(38(46)42-37(26)45)36-23-34(53-39(47)51-33-19-13-30(41)14-20-33)35(52-36)25-50-40(27-7-4-3-5-8-27,28-9-15-31(48-2)16-10-28)29-11-17-32(18-12-29)49-22-6-21-44/h3-5,7-20,24,34-36,44H,6,21-23,25H2,1-2H3,(H,42,45,46)/t34?,35-,36-,40?/m1/s1. The summed E-state index contributed by atoms with van der Waals surface area (Å²) in [5, 5.41) is 9.68. The summed E-state index contributed by atoms with van der Waals surface area (Å²) in [7, 11) is 1.59. The van der Waals surface area contributed by atoms with Gasteiger partial charge in [-0.2, -0.15) is 0 Å². The molecule has 1 saturated heterocycles. The Bertz CT molecular complexity index is 2090. The number of aromatic amines is 1. The Kier molecular flexibility index (Phi) is 12.0. The Morgan fingerprint density at radius 3 is 2.17 bits per heavy atom. The van der Waals surface area contributed by atoms with Crippen LogP contribution in [-0.4, -0.2) is 60.0 Å². The highest BCUT2D eigenvalue weighted by molar-refractivity contribution is 6.30. The monoisotopic (exact) mass is 742 g/mol. The number of methoxy groups -OCH3 is 1. The lowest BCUT2D eigenvalue weighted by molar-refractivity contribution is -0.0975. The topological polar surface area (TPSA) is 148 Å². The maximum atomic E-state index is 13.1. The van der Waals surface area contributed by atoms with Crippen LogP contribution in [0.1, 0.15) is 41.3 Å². The van der Waals surface area contributed by atoms with Crippen molar-refractivity contribution in [3.63, 3.8) is 0 Å². The molecule has 0 amide bonds. The van der Waals surface area contributed by atoms with E-state index in [4.69, 9.17) is 40.0 Å². The largest absolute Gasteiger partial charge is 0.514 e.